The van der Waals surface area contributed by atoms with Gasteiger partial charge >= 0.3 is 5.97 Å². The van der Waals surface area contributed by atoms with Crippen LogP contribution in [0.3, 0.4) is 0 Å². The number of nitrogens with zero attached hydrogens (tertiary/aromatic N) is 2. The predicted molar refractivity (Wildman–Crippen MR) is 75.9 cm³/mol. The Bertz CT molecular complexity index is 507. The Labute approximate surface area is 122 Å². The molecule has 7 heteroatoms. The van der Waals surface area contributed by atoms with E-state index in [0.717, 1.165) is 0 Å². The third-order valence-electron chi connectivity index (χ3n) is 3.12. The molecule has 1 N–H and O–H groups in total. The number of carboxylic acids is 1. The molecule has 0 fully saturated rings. The van der Waals surface area contributed by atoms with Crippen LogP contribution in [0.2, 0.25) is 5.02 Å². The SMILES string of the molecule is CCN(Cc1ccc(Cl)cc1[N+](=O)[O-])C(C)CC(=O)O. The Morgan fingerprint density at radius 2 is 2.20 bits per heavy atom. The lowest BCUT2D eigenvalue weighted by atomic mass is 10.1. The van der Waals surface area contributed by atoms with E-state index in [-0.39, 0.29) is 18.2 Å². The maximum absolute atomic E-state index is 11.0. The Kier molecular flexibility index (Phi) is 5.91. The zero-order chi connectivity index (χ0) is 15.3. The zero-order valence-electron chi connectivity index (χ0n) is 11.4. The maximum Gasteiger partial charge on any atom is 0.304 e. The highest BCUT2D eigenvalue weighted by Crippen LogP contribution is 2.25. The molecule has 110 valence electrons. The van der Waals surface area contributed by atoms with E-state index in [1.54, 1.807) is 19.1 Å². The van der Waals surface area contributed by atoms with Gasteiger partial charge in [0.15, 0.2) is 0 Å². The lowest BCUT2D eigenvalue weighted by Crippen LogP contribution is -2.34. The minimum Gasteiger partial charge on any atom is -0.481 e. The van der Waals surface area contributed by atoms with Crippen molar-refractivity contribution < 1.29 is 14.8 Å². The van der Waals surface area contributed by atoms with Gasteiger partial charge in [-0.15, -0.1) is 0 Å². The van der Waals surface area contributed by atoms with Crippen LogP contribution in [-0.4, -0.2) is 33.5 Å². The molecule has 0 heterocycles. The Morgan fingerprint density at radius 3 is 2.70 bits per heavy atom. The first-order chi connectivity index (χ1) is 9.35. The third kappa shape index (κ3) is 4.47. The number of carbonyl (C=O) groups is 1. The van der Waals surface area contributed by atoms with Gasteiger partial charge in [0.2, 0.25) is 0 Å². The van der Waals surface area contributed by atoms with Gasteiger partial charge in [-0.1, -0.05) is 18.5 Å². The average molecular weight is 301 g/mol. The average Bonchev–Trinajstić information content (AvgIpc) is 2.36. The molecule has 0 saturated carbocycles. The quantitative estimate of drug-likeness (QED) is 0.618. The number of aliphatic carboxylic acids is 1. The molecular formula is C13H17ClN2O4. The van der Waals surface area contributed by atoms with Gasteiger partial charge in [-0.25, -0.2) is 0 Å². The summed E-state index contributed by atoms with van der Waals surface area (Å²) in [6.45, 7) is 4.60. The summed E-state index contributed by atoms with van der Waals surface area (Å²) in [7, 11) is 0. The Hall–Kier alpha value is -1.66. The summed E-state index contributed by atoms with van der Waals surface area (Å²) >= 11 is 5.77. The molecule has 0 aliphatic heterocycles. The van der Waals surface area contributed by atoms with Gasteiger partial charge in [-0.05, 0) is 25.6 Å². The largest absolute Gasteiger partial charge is 0.481 e. The third-order valence-corrected chi connectivity index (χ3v) is 3.35. The summed E-state index contributed by atoms with van der Waals surface area (Å²) in [6, 6.07) is 4.32. The Balaban J connectivity index is 2.95. The fraction of sp³-hybridized carbons (Fsp3) is 0.462. The van der Waals surface area contributed by atoms with Crippen molar-refractivity contribution in [1.29, 1.82) is 0 Å². The van der Waals surface area contributed by atoms with Crippen molar-refractivity contribution in [3.05, 3.63) is 38.9 Å². The second-order valence-corrected chi connectivity index (χ2v) is 4.98. The number of hydrogen-bond donors (Lipinski definition) is 1. The lowest BCUT2D eigenvalue weighted by molar-refractivity contribution is -0.385. The molecule has 6 nitrogen and oxygen atoms in total. The maximum atomic E-state index is 11.0. The van der Waals surface area contributed by atoms with E-state index in [1.165, 1.54) is 6.07 Å². The number of nitro benzene ring substituents is 1. The van der Waals surface area contributed by atoms with Crippen LogP contribution in [0.25, 0.3) is 0 Å². The molecule has 0 aromatic heterocycles. The summed E-state index contributed by atoms with van der Waals surface area (Å²) in [5.74, 6) is -0.887. The first-order valence-corrected chi connectivity index (χ1v) is 6.61. The second-order valence-electron chi connectivity index (χ2n) is 4.54. The topological polar surface area (TPSA) is 83.7 Å². The molecule has 1 unspecified atom stereocenters. The van der Waals surface area contributed by atoms with Crippen LogP contribution in [-0.2, 0) is 11.3 Å². The molecular weight excluding hydrogens is 284 g/mol. The van der Waals surface area contributed by atoms with Crippen molar-refractivity contribution >= 4 is 23.3 Å². The fourth-order valence-electron chi connectivity index (χ4n) is 2.02. The molecule has 20 heavy (non-hydrogen) atoms. The summed E-state index contributed by atoms with van der Waals surface area (Å²) in [5, 5.41) is 20.2. The minimum absolute atomic E-state index is 0.00473. The summed E-state index contributed by atoms with van der Waals surface area (Å²) in [5.41, 5.74) is 0.483. The van der Waals surface area contributed by atoms with Crippen LogP contribution in [0.1, 0.15) is 25.8 Å². The molecule has 1 rings (SSSR count). The molecule has 0 aliphatic rings. The number of hydrogen-bond acceptors (Lipinski definition) is 4. The van der Waals surface area contributed by atoms with Crippen molar-refractivity contribution in [1.82, 2.24) is 4.90 Å². The zero-order valence-corrected chi connectivity index (χ0v) is 12.1. The molecule has 0 amide bonds. The minimum atomic E-state index is -0.887. The van der Waals surface area contributed by atoms with Gasteiger partial charge in [0, 0.05) is 29.2 Å². The van der Waals surface area contributed by atoms with E-state index < -0.39 is 10.9 Å². The number of benzene rings is 1. The van der Waals surface area contributed by atoms with Crippen molar-refractivity contribution in [3.8, 4) is 0 Å². The number of nitro groups is 1. The van der Waals surface area contributed by atoms with Crippen molar-refractivity contribution in [2.24, 2.45) is 0 Å². The van der Waals surface area contributed by atoms with Crippen molar-refractivity contribution in [2.75, 3.05) is 6.54 Å². The van der Waals surface area contributed by atoms with E-state index in [9.17, 15) is 14.9 Å². The molecule has 0 radical (unpaired) electrons. The first-order valence-electron chi connectivity index (χ1n) is 6.23. The van der Waals surface area contributed by atoms with Crippen LogP contribution < -0.4 is 0 Å². The van der Waals surface area contributed by atoms with Crippen LogP contribution >= 0.6 is 11.6 Å². The summed E-state index contributed by atoms with van der Waals surface area (Å²) < 4.78 is 0. The fourth-order valence-corrected chi connectivity index (χ4v) is 2.19. The van der Waals surface area contributed by atoms with Crippen LogP contribution in [0.4, 0.5) is 5.69 Å². The molecule has 0 aliphatic carbocycles. The normalized spacial score (nSPS) is 12.4. The van der Waals surface area contributed by atoms with E-state index in [0.29, 0.717) is 23.7 Å². The van der Waals surface area contributed by atoms with E-state index in [1.807, 2.05) is 11.8 Å². The van der Waals surface area contributed by atoms with Gasteiger partial charge in [-0.2, -0.15) is 0 Å². The van der Waals surface area contributed by atoms with E-state index >= 15 is 0 Å². The van der Waals surface area contributed by atoms with Crippen LogP contribution in [0.15, 0.2) is 18.2 Å². The van der Waals surface area contributed by atoms with E-state index in [2.05, 4.69) is 0 Å². The number of carboxylic acid groups (broad SMARTS) is 1. The molecule has 0 bridgehead atoms. The van der Waals surface area contributed by atoms with Crippen LogP contribution in [0, 0.1) is 10.1 Å². The van der Waals surface area contributed by atoms with Gasteiger partial charge in [-0.3, -0.25) is 19.8 Å². The predicted octanol–water partition coefficient (Wildman–Crippen LogP) is 2.93. The summed E-state index contributed by atoms with van der Waals surface area (Å²) in [6.07, 6.45) is -0.00473. The highest BCUT2D eigenvalue weighted by atomic mass is 35.5. The Morgan fingerprint density at radius 1 is 1.55 bits per heavy atom. The molecule has 0 saturated heterocycles. The summed E-state index contributed by atoms with van der Waals surface area (Å²) in [4.78, 5) is 23.2. The van der Waals surface area contributed by atoms with Crippen LogP contribution in [0.5, 0.6) is 0 Å². The first kappa shape index (κ1) is 16.4. The highest BCUT2D eigenvalue weighted by molar-refractivity contribution is 6.30. The smallest absolute Gasteiger partial charge is 0.304 e. The number of halogens is 1. The van der Waals surface area contributed by atoms with E-state index in [4.69, 9.17) is 16.7 Å². The van der Waals surface area contributed by atoms with Crippen molar-refractivity contribution in [2.45, 2.75) is 32.9 Å². The molecule has 0 spiro atoms. The standard InChI is InChI=1S/C13H17ClN2O4/c1-3-15(9(2)6-13(17)18)8-10-4-5-11(14)7-12(10)16(19)20/h4-5,7,9H,3,6,8H2,1-2H3,(H,17,18). The second kappa shape index (κ2) is 7.21. The number of rotatable bonds is 7. The monoisotopic (exact) mass is 300 g/mol. The van der Waals surface area contributed by atoms with Gasteiger partial charge in [0.05, 0.1) is 11.3 Å². The van der Waals surface area contributed by atoms with Gasteiger partial charge < -0.3 is 5.11 Å². The lowest BCUT2D eigenvalue weighted by Gasteiger charge is -2.26. The van der Waals surface area contributed by atoms with Crippen molar-refractivity contribution in [3.63, 3.8) is 0 Å². The molecule has 1 atom stereocenters. The highest BCUT2D eigenvalue weighted by Gasteiger charge is 2.20. The molecule has 1 aromatic rings. The van der Waals surface area contributed by atoms with Gasteiger partial charge in [0.1, 0.15) is 0 Å². The van der Waals surface area contributed by atoms with Gasteiger partial charge in [0.25, 0.3) is 5.69 Å². The molecule has 1 aromatic carbocycles.